The van der Waals surface area contributed by atoms with Gasteiger partial charge in [-0.25, -0.2) is 0 Å². The van der Waals surface area contributed by atoms with Crippen LogP contribution in [0.5, 0.6) is 0 Å². The Morgan fingerprint density at radius 2 is 2.33 bits per heavy atom. The average molecular weight is 292 g/mol. The van der Waals surface area contributed by atoms with Crippen LogP contribution in [0.3, 0.4) is 0 Å². The summed E-state index contributed by atoms with van der Waals surface area (Å²) in [6, 6.07) is 0. The Kier molecular flexibility index (Phi) is 3.99. The molecule has 2 saturated heterocycles. The van der Waals surface area contributed by atoms with Crippen LogP contribution in [0.15, 0.2) is 12.4 Å². The summed E-state index contributed by atoms with van der Waals surface area (Å²) in [6.45, 7) is 2.89. The summed E-state index contributed by atoms with van der Waals surface area (Å²) in [7, 11) is 5.53. The van der Waals surface area contributed by atoms with Crippen LogP contribution in [0.2, 0.25) is 0 Å². The lowest BCUT2D eigenvalue weighted by molar-refractivity contribution is -0.141. The summed E-state index contributed by atoms with van der Waals surface area (Å²) in [4.78, 5) is 16.1. The van der Waals surface area contributed by atoms with Crippen molar-refractivity contribution in [3.8, 4) is 0 Å². The highest BCUT2D eigenvalue weighted by Crippen LogP contribution is 2.34. The number of amides is 1. The summed E-state index contributed by atoms with van der Waals surface area (Å²) in [6.07, 6.45) is 5.92. The van der Waals surface area contributed by atoms with Gasteiger partial charge in [0.25, 0.3) is 5.91 Å². The van der Waals surface area contributed by atoms with Gasteiger partial charge < -0.3 is 9.64 Å². The molecule has 6 nitrogen and oxygen atoms in total. The third-order valence-corrected chi connectivity index (χ3v) is 4.52. The predicted molar refractivity (Wildman–Crippen MR) is 78.6 cm³/mol. The first-order valence-electron chi connectivity index (χ1n) is 7.59. The normalized spacial score (nSPS) is 29.4. The van der Waals surface area contributed by atoms with Crippen LogP contribution < -0.4 is 0 Å². The summed E-state index contributed by atoms with van der Waals surface area (Å²) >= 11 is 0. The number of hydrogen-bond donors (Lipinski definition) is 0. The first-order chi connectivity index (χ1) is 10.0. The summed E-state index contributed by atoms with van der Waals surface area (Å²) in [5.74, 6) is 0.632. The zero-order valence-corrected chi connectivity index (χ0v) is 13.0. The van der Waals surface area contributed by atoms with Gasteiger partial charge in [0, 0.05) is 46.0 Å². The lowest BCUT2D eigenvalue weighted by Gasteiger charge is -2.33. The second kappa shape index (κ2) is 5.77. The second-order valence-corrected chi connectivity index (χ2v) is 6.44. The van der Waals surface area contributed by atoms with Crippen LogP contribution in [-0.2, 0) is 23.1 Å². The highest BCUT2D eigenvalue weighted by atomic mass is 16.5. The van der Waals surface area contributed by atoms with Crippen LogP contribution in [0, 0.1) is 5.92 Å². The van der Waals surface area contributed by atoms with Crippen molar-refractivity contribution < 1.29 is 9.53 Å². The predicted octanol–water partition coefficient (Wildman–Crippen LogP) is 0.488. The number of aromatic nitrogens is 2. The molecule has 0 aliphatic carbocycles. The van der Waals surface area contributed by atoms with Gasteiger partial charge in [0.15, 0.2) is 0 Å². The fourth-order valence-electron chi connectivity index (χ4n) is 3.40. The molecular weight excluding hydrogens is 268 g/mol. The third-order valence-electron chi connectivity index (χ3n) is 4.52. The number of rotatable bonds is 3. The third kappa shape index (κ3) is 3.11. The van der Waals surface area contributed by atoms with Crippen LogP contribution in [0.25, 0.3) is 0 Å². The average Bonchev–Trinajstić information content (AvgIpc) is 3.03. The van der Waals surface area contributed by atoms with Gasteiger partial charge in [-0.05, 0) is 25.3 Å². The lowest BCUT2D eigenvalue weighted by atomic mass is 9.91. The quantitative estimate of drug-likeness (QED) is 0.813. The van der Waals surface area contributed by atoms with Crippen molar-refractivity contribution in [1.29, 1.82) is 0 Å². The number of carbonyl (C=O) groups is 1. The molecule has 3 atom stereocenters. The number of hydrogen-bond acceptors (Lipinski definition) is 4. The van der Waals surface area contributed by atoms with E-state index in [0.29, 0.717) is 5.92 Å². The minimum absolute atomic E-state index is 0.100. The molecule has 21 heavy (non-hydrogen) atoms. The van der Waals surface area contributed by atoms with E-state index in [-0.39, 0.29) is 18.1 Å². The van der Waals surface area contributed by atoms with Crippen LogP contribution in [0.1, 0.15) is 18.4 Å². The minimum Gasteiger partial charge on any atom is -0.364 e. The van der Waals surface area contributed by atoms with Crippen LogP contribution >= 0.6 is 0 Å². The van der Waals surface area contributed by atoms with Gasteiger partial charge in [-0.15, -0.1) is 0 Å². The molecule has 2 fully saturated rings. The molecule has 0 N–H and O–H groups in total. The van der Waals surface area contributed by atoms with Crippen LogP contribution in [-0.4, -0.2) is 64.9 Å². The Bertz CT molecular complexity index is 514. The Labute approximate surface area is 125 Å². The van der Waals surface area contributed by atoms with Crippen molar-refractivity contribution in [3.05, 3.63) is 18.0 Å². The Balaban J connectivity index is 1.57. The first-order valence-corrected chi connectivity index (χ1v) is 7.59. The maximum atomic E-state index is 12.0. The van der Waals surface area contributed by atoms with Gasteiger partial charge >= 0.3 is 0 Å². The standard InChI is InChI=1S/C15H24N4O2/c1-17(2)15(20)13-6-12-4-5-19(10-14(12)21-13)9-11-7-16-18(3)8-11/h7-8,12-14H,4-6,9-10H2,1-3H3/t12-,13+,14+/m1/s1. The lowest BCUT2D eigenvalue weighted by Crippen LogP contribution is -2.42. The van der Waals surface area contributed by atoms with Crippen molar-refractivity contribution >= 4 is 5.91 Å². The van der Waals surface area contributed by atoms with Gasteiger partial charge in [-0.3, -0.25) is 14.4 Å². The van der Waals surface area contributed by atoms with Crippen molar-refractivity contribution in [3.63, 3.8) is 0 Å². The van der Waals surface area contributed by atoms with Crippen molar-refractivity contribution in [2.45, 2.75) is 31.6 Å². The molecule has 0 spiro atoms. The molecule has 1 aromatic rings. The van der Waals surface area contributed by atoms with Crippen molar-refractivity contribution in [1.82, 2.24) is 19.6 Å². The fourth-order valence-corrected chi connectivity index (χ4v) is 3.40. The number of carbonyl (C=O) groups excluding carboxylic acids is 1. The Hall–Kier alpha value is -1.40. The van der Waals surface area contributed by atoms with Gasteiger partial charge in [0.05, 0.1) is 12.3 Å². The molecule has 116 valence electrons. The number of piperidine rings is 1. The van der Waals surface area contributed by atoms with E-state index in [1.165, 1.54) is 5.56 Å². The minimum atomic E-state index is -0.242. The Morgan fingerprint density at radius 3 is 3.00 bits per heavy atom. The summed E-state index contributed by atoms with van der Waals surface area (Å²) in [5, 5.41) is 4.21. The van der Waals surface area contributed by atoms with Crippen LogP contribution in [0.4, 0.5) is 0 Å². The van der Waals surface area contributed by atoms with E-state index in [0.717, 1.165) is 32.5 Å². The van der Waals surface area contributed by atoms with E-state index in [1.807, 2.05) is 17.9 Å². The molecule has 0 bridgehead atoms. The first kappa shape index (κ1) is 14.5. The SMILES string of the molecule is CN(C)C(=O)[C@@H]1C[C@H]2CCN(Cc3cnn(C)c3)C[C@@H]2O1. The maximum absolute atomic E-state index is 12.0. The number of ether oxygens (including phenoxy) is 1. The fraction of sp³-hybridized carbons (Fsp3) is 0.733. The van der Waals surface area contributed by atoms with Crippen molar-refractivity contribution in [2.24, 2.45) is 13.0 Å². The molecule has 1 amide bonds. The van der Waals surface area contributed by atoms with Gasteiger partial charge in [0.1, 0.15) is 6.10 Å². The van der Waals surface area contributed by atoms with Gasteiger partial charge in [-0.2, -0.15) is 5.10 Å². The number of likely N-dealkylation sites (N-methyl/N-ethyl adjacent to an activating group) is 1. The molecule has 2 aliphatic rings. The van der Waals surface area contributed by atoms with E-state index in [9.17, 15) is 4.79 Å². The van der Waals surface area contributed by atoms with Crippen molar-refractivity contribution in [2.75, 3.05) is 27.2 Å². The summed E-state index contributed by atoms with van der Waals surface area (Å²) in [5.41, 5.74) is 1.23. The topological polar surface area (TPSA) is 50.6 Å². The van der Waals surface area contributed by atoms with E-state index < -0.39 is 0 Å². The highest BCUT2D eigenvalue weighted by molar-refractivity contribution is 5.80. The maximum Gasteiger partial charge on any atom is 0.251 e. The largest absolute Gasteiger partial charge is 0.364 e. The van der Waals surface area contributed by atoms with Gasteiger partial charge in [0.2, 0.25) is 0 Å². The molecule has 3 rings (SSSR count). The molecule has 0 aromatic carbocycles. The Morgan fingerprint density at radius 1 is 1.52 bits per heavy atom. The number of fused-ring (bicyclic) bond motifs is 1. The van der Waals surface area contributed by atoms with Gasteiger partial charge in [-0.1, -0.05) is 0 Å². The van der Waals surface area contributed by atoms with E-state index in [2.05, 4.69) is 16.2 Å². The highest BCUT2D eigenvalue weighted by Gasteiger charge is 2.42. The number of aryl methyl sites for hydroxylation is 1. The monoisotopic (exact) mass is 292 g/mol. The molecule has 0 radical (unpaired) electrons. The zero-order chi connectivity index (χ0) is 15.0. The molecule has 6 heteroatoms. The molecule has 2 aliphatic heterocycles. The second-order valence-electron chi connectivity index (χ2n) is 6.44. The summed E-state index contributed by atoms with van der Waals surface area (Å²) < 4.78 is 7.84. The van der Waals surface area contributed by atoms with E-state index in [1.54, 1.807) is 19.0 Å². The van der Waals surface area contributed by atoms with E-state index >= 15 is 0 Å². The molecule has 0 saturated carbocycles. The molecule has 1 aromatic heterocycles. The number of nitrogens with zero attached hydrogens (tertiary/aromatic N) is 4. The smallest absolute Gasteiger partial charge is 0.251 e. The molecule has 3 heterocycles. The van der Waals surface area contributed by atoms with E-state index in [4.69, 9.17) is 4.74 Å². The number of likely N-dealkylation sites (tertiary alicyclic amines) is 1. The molecular formula is C15H24N4O2. The zero-order valence-electron chi connectivity index (χ0n) is 13.0. The molecule has 0 unspecified atom stereocenters.